The summed E-state index contributed by atoms with van der Waals surface area (Å²) in [7, 11) is -2.86. The van der Waals surface area contributed by atoms with Crippen LogP contribution in [0.15, 0.2) is 42.5 Å². The molecule has 0 radical (unpaired) electrons. The van der Waals surface area contributed by atoms with E-state index in [4.69, 9.17) is 0 Å². The van der Waals surface area contributed by atoms with Crippen LogP contribution in [0.25, 0.3) is 16.9 Å². The van der Waals surface area contributed by atoms with Crippen molar-refractivity contribution in [1.82, 2.24) is 19.5 Å². The zero-order chi connectivity index (χ0) is 20.7. The molecule has 3 aromatic rings. The molecule has 0 unspecified atom stereocenters. The highest BCUT2D eigenvalue weighted by molar-refractivity contribution is 7.91. The molecule has 1 amide bonds. The molecule has 0 atom stereocenters. The van der Waals surface area contributed by atoms with E-state index >= 15 is 0 Å². The van der Waals surface area contributed by atoms with E-state index in [1.54, 1.807) is 4.52 Å². The SMILES string of the molecule is Cl.O.O.O.O.O.O.O=C(Nc1nc2cccc(-c3ccc(CN4CCS(=O)(=O)CC4)cc3)n2n1)C1CC1. The van der Waals surface area contributed by atoms with E-state index in [1.807, 2.05) is 30.3 Å². The number of carbonyl (C=O) groups is 1. The van der Waals surface area contributed by atoms with Crippen molar-refractivity contribution in [2.75, 3.05) is 29.9 Å². The Morgan fingerprint density at radius 3 is 2.08 bits per heavy atom. The predicted molar refractivity (Wildman–Crippen MR) is 143 cm³/mol. The third-order valence-corrected chi connectivity index (χ3v) is 7.24. The lowest BCUT2D eigenvalue weighted by molar-refractivity contribution is -0.117. The van der Waals surface area contributed by atoms with Gasteiger partial charge in [-0.25, -0.2) is 12.9 Å². The van der Waals surface area contributed by atoms with Crippen LogP contribution >= 0.6 is 12.4 Å². The lowest BCUT2D eigenvalue weighted by Crippen LogP contribution is -2.39. The molecule has 1 aliphatic carbocycles. The van der Waals surface area contributed by atoms with Gasteiger partial charge >= 0.3 is 0 Å². The zero-order valence-corrected chi connectivity index (χ0v) is 21.5. The van der Waals surface area contributed by atoms with Crippen LogP contribution in [-0.4, -0.2) is 91.3 Å². The standard InChI is InChI=1S/C21H23N5O3S.ClH.6H2O/c27-20(17-8-9-17)23-21-22-19-3-1-2-18(26(19)24-21)16-6-4-15(5-7-16)14-25-10-12-30(28,29)13-11-25;;;;;;;/h1-7,17H,8-14H2,(H,23,24,27);1H;6*1H2. The van der Waals surface area contributed by atoms with Crippen LogP contribution in [-0.2, 0) is 21.2 Å². The minimum atomic E-state index is -2.86. The number of fused-ring (bicyclic) bond motifs is 1. The van der Waals surface area contributed by atoms with Crippen molar-refractivity contribution in [2.45, 2.75) is 19.4 Å². The first kappa shape index (κ1) is 38.8. The predicted octanol–water partition coefficient (Wildman–Crippen LogP) is -2.55. The highest BCUT2D eigenvalue weighted by Gasteiger charge is 2.30. The summed E-state index contributed by atoms with van der Waals surface area (Å²) in [5.41, 5.74) is 3.71. The van der Waals surface area contributed by atoms with Crippen molar-refractivity contribution < 1.29 is 46.1 Å². The number of anilines is 1. The third-order valence-electron chi connectivity index (χ3n) is 5.64. The smallest absolute Gasteiger partial charge is 0.249 e. The van der Waals surface area contributed by atoms with Crippen molar-refractivity contribution in [3.05, 3.63) is 48.0 Å². The fraction of sp³-hybridized carbons (Fsp3) is 0.381. The number of benzene rings is 1. The van der Waals surface area contributed by atoms with Crippen molar-refractivity contribution in [2.24, 2.45) is 5.92 Å². The Morgan fingerprint density at radius 1 is 0.919 bits per heavy atom. The van der Waals surface area contributed by atoms with Crippen molar-refractivity contribution in [3.8, 4) is 11.3 Å². The average Bonchev–Trinajstić information content (AvgIpc) is 3.50. The molecule has 14 nitrogen and oxygen atoms in total. The fourth-order valence-corrected chi connectivity index (χ4v) is 4.96. The lowest BCUT2D eigenvalue weighted by atomic mass is 10.1. The topological polar surface area (TPSA) is 286 Å². The number of nitrogens with one attached hydrogen (secondary N) is 1. The van der Waals surface area contributed by atoms with E-state index in [0.29, 0.717) is 24.7 Å². The van der Waals surface area contributed by atoms with E-state index in [2.05, 4.69) is 32.4 Å². The molecule has 0 bridgehead atoms. The van der Waals surface area contributed by atoms with E-state index in [1.165, 1.54) is 0 Å². The number of hydrogen-bond acceptors (Lipinski definition) is 6. The number of pyridine rings is 1. The van der Waals surface area contributed by atoms with Gasteiger partial charge in [0, 0.05) is 31.1 Å². The second kappa shape index (κ2) is 15.5. The Morgan fingerprint density at radius 2 is 1.51 bits per heavy atom. The maximum Gasteiger partial charge on any atom is 0.249 e. The summed E-state index contributed by atoms with van der Waals surface area (Å²) in [6.45, 7) is 1.90. The van der Waals surface area contributed by atoms with Gasteiger partial charge in [-0.15, -0.1) is 17.5 Å². The van der Waals surface area contributed by atoms with Crippen LogP contribution in [0.4, 0.5) is 5.95 Å². The Hall–Kier alpha value is -2.73. The number of carbonyl (C=O) groups excluding carboxylic acids is 1. The summed E-state index contributed by atoms with van der Waals surface area (Å²) < 4.78 is 24.9. The molecule has 2 aromatic heterocycles. The van der Waals surface area contributed by atoms with Crippen LogP contribution in [0.3, 0.4) is 0 Å². The van der Waals surface area contributed by atoms with Crippen molar-refractivity contribution in [3.63, 3.8) is 0 Å². The number of halogens is 1. The molecule has 1 aliphatic heterocycles. The first-order chi connectivity index (χ1) is 14.5. The van der Waals surface area contributed by atoms with E-state index in [0.717, 1.165) is 36.2 Å². The van der Waals surface area contributed by atoms with Crippen LogP contribution in [0.2, 0.25) is 0 Å². The van der Waals surface area contributed by atoms with Crippen molar-refractivity contribution >= 4 is 39.7 Å². The van der Waals surface area contributed by atoms with Gasteiger partial charge in [0.1, 0.15) is 0 Å². The molecule has 5 rings (SSSR count). The Labute approximate surface area is 219 Å². The van der Waals surface area contributed by atoms with Gasteiger partial charge in [0.05, 0.1) is 17.2 Å². The van der Waals surface area contributed by atoms with Gasteiger partial charge in [0.2, 0.25) is 11.9 Å². The lowest BCUT2D eigenvalue weighted by Gasteiger charge is -2.26. The van der Waals surface area contributed by atoms with Gasteiger partial charge in [-0.2, -0.15) is 4.98 Å². The number of aromatic nitrogens is 3. The normalized spacial score (nSPS) is 15.5. The minimum absolute atomic E-state index is 0. The van der Waals surface area contributed by atoms with Crippen LogP contribution in [0, 0.1) is 5.92 Å². The first-order valence-electron chi connectivity index (χ1n) is 10.2. The molecule has 1 saturated heterocycles. The van der Waals surface area contributed by atoms with Gasteiger partial charge in [-0.3, -0.25) is 15.0 Å². The molecule has 13 N–H and O–H groups in total. The summed E-state index contributed by atoms with van der Waals surface area (Å²) in [5.74, 6) is 0.889. The summed E-state index contributed by atoms with van der Waals surface area (Å²) in [6, 6.07) is 14.0. The molecule has 2 aliphatic rings. The Balaban J connectivity index is -0.00000165. The largest absolute Gasteiger partial charge is 0.412 e. The maximum atomic E-state index is 12.0. The van der Waals surface area contributed by atoms with Gasteiger partial charge in [-0.1, -0.05) is 30.3 Å². The average molecular weight is 570 g/mol. The van der Waals surface area contributed by atoms with Crippen LogP contribution in [0.1, 0.15) is 18.4 Å². The second-order valence-electron chi connectivity index (χ2n) is 8.00. The third kappa shape index (κ3) is 8.96. The van der Waals surface area contributed by atoms with E-state index < -0.39 is 9.84 Å². The summed E-state index contributed by atoms with van der Waals surface area (Å²) >= 11 is 0. The van der Waals surface area contributed by atoms with E-state index in [9.17, 15) is 13.2 Å². The minimum Gasteiger partial charge on any atom is -0.412 e. The van der Waals surface area contributed by atoms with E-state index in [-0.39, 0.29) is 68.6 Å². The molecule has 37 heavy (non-hydrogen) atoms. The molecule has 1 saturated carbocycles. The molecular formula is C21H36ClN5O9S. The van der Waals surface area contributed by atoms with Gasteiger partial charge < -0.3 is 32.9 Å². The molecule has 2 fully saturated rings. The molecule has 0 spiro atoms. The molecule has 1 aromatic carbocycles. The van der Waals surface area contributed by atoms with Gasteiger partial charge in [0.15, 0.2) is 15.5 Å². The highest BCUT2D eigenvalue weighted by atomic mass is 35.5. The monoisotopic (exact) mass is 569 g/mol. The zero-order valence-electron chi connectivity index (χ0n) is 19.9. The summed E-state index contributed by atoms with van der Waals surface area (Å²) in [4.78, 5) is 18.6. The summed E-state index contributed by atoms with van der Waals surface area (Å²) in [5, 5.41) is 7.28. The highest BCUT2D eigenvalue weighted by Crippen LogP contribution is 2.30. The maximum absolute atomic E-state index is 12.0. The van der Waals surface area contributed by atoms with Crippen molar-refractivity contribution in [1.29, 1.82) is 0 Å². The molecular weight excluding hydrogens is 534 g/mol. The number of rotatable bonds is 5. The number of sulfone groups is 1. The van der Waals surface area contributed by atoms with Crippen LogP contribution < -0.4 is 5.32 Å². The number of amides is 1. The molecule has 3 heterocycles. The number of hydrogen-bond donors (Lipinski definition) is 1. The summed E-state index contributed by atoms with van der Waals surface area (Å²) in [6.07, 6.45) is 1.87. The Bertz CT molecular complexity index is 1210. The van der Waals surface area contributed by atoms with Gasteiger partial charge in [0.25, 0.3) is 0 Å². The fourth-order valence-electron chi connectivity index (χ4n) is 3.68. The second-order valence-corrected chi connectivity index (χ2v) is 10.3. The Kier molecular flexibility index (Phi) is 16.3. The van der Waals surface area contributed by atoms with Crippen LogP contribution in [0.5, 0.6) is 0 Å². The number of nitrogens with zero attached hydrogens (tertiary/aromatic N) is 4. The quantitative estimate of drug-likeness (QED) is 0.344. The molecule has 212 valence electrons. The first-order valence-corrected chi connectivity index (χ1v) is 12.0. The van der Waals surface area contributed by atoms with Gasteiger partial charge in [-0.05, 0) is 30.5 Å². The molecule has 16 heteroatoms.